The third kappa shape index (κ3) is 6.12. The molecule has 0 spiro atoms. The molecule has 2 unspecified atom stereocenters. The molecule has 2 aromatic carbocycles. The number of anilines is 1. The van der Waals surface area contributed by atoms with Crippen molar-refractivity contribution in [1.29, 1.82) is 0 Å². The molecular formula is C22H28N4O5S. The number of sulfonamides is 1. The molecule has 0 radical (unpaired) electrons. The number of piperidine rings is 1. The fourth-order valence-electron chi connectivity index (χ4n) is 3.75. The van der Waals surface area contributed by atoms with E-state index >= 15 is 0 Å². The average molecular weight is 461 g/mol. The van der Waals surface area contributed by atoms with Gasteiger partial charge in [0.15, 0.2) is 0 Å². The average Bonchev–Trinajstić information content (AvgIpc) is 2.78. The lowest BCUT2D eigenvalue weighted by Crippen LogP contribution is -2.48. The van der Waals surface area contributed by atoms with Crippen LogP contribution in [-0.2, 0) is 14.8 Å². The molecule has 1 amide bonds. The number of aryl methyl sites for hydroxylation is 1. The van der Waals surface area contributed by atoms with E-state index < -0.39 is 21.0 Å². The summed E-state index contributed by atoms with van der Waals surface area (Å²) in [5.74, 6) is -0.177. The fourth-order valence-corrected chi connectivity index (χ4v) is 4.87. The van der Waals surface area contributed by atoms with E-state index in [1.54, 1.807) is 37.3 Å². The van der Waals surface area contributed by atoms with Crippen molar-refractivity contribution < 1.29 is 18.1 Å². The maximum Gasteiger partial charge on any atom is 0.271 e. The van der Waals surface area contributed by atoms with Crippen LogP contribution in [0, 0.1) is 23.0 Å². The zero-order valence-electron chi connectivity index (χ0n) is 18.2. The smallest absolute Gasteiger partial charge is 0.271 e. The molecule has 0 bridgehead atoms. The van der Waals surface area contributed by atoms with Gasteiger partial charge in [0.2, 0.25) is 15.9 Å². The number of hydrogen-bond donors (Lipinski definition) is 2. The van der Waals surface area contributed by atoms with E-state index in [1.807, 2.05) is 11.8 Å². The Morgan fingerprint density at radius 1 is 1.25 bits per heavy atom. The topological polar surface area (TPSA) is 122 Å². The number of non-ortho nitro benzene ring substituents is 1. The lowest BCUT2D eigenvalue weighted by molar-refractivity contribution is -0.384. The van der Waals surface area contributed by atoms with Crippen molar-refractivity contribution >= 4 is 27.3 Å². The van der Waals surface area contributed by atoms with Crippen LogP contribution >= 0.6 is 0 Å². The first kappa shape index (κ1) is 23.8. The lowest BCUT2D eigenvalue weighted by Gasteiger charge is -2.36. The monoisotopic (exact) mass is 460 g/mol. The quantitative estimate of drug-likeness (QED) is 0.461. The van der Waals surface area contributed by atoms with Gasteiger partial charge in [0.25, 0.3) is 5.69 Å². The van der Waals surface area contributed by atoms with Crippen molar-refractivity contribution in [3.63, 3.8) is 0 Å². The van der Waals surface area contributed by atoms with Crippen LogP contribution in [0.1, 0.15) is 25.3 Å². The molecule has 1 fully saturated rings. The first-order valence-corrected chi connectivity index (χ1v) is 12.0. The molecule has 32 heavy (non-hydrogen) atoms. The summed E-state index contributed by atoms with van der Waals surface area (Å²) in [5.41, 5.74) is 1.27. The molecule has 1 heterocycles. The first-order chi connectivity index (χ1) is 15.2. The van der Waals surface area contributed by atoms with Crippen LogP contribution in [0.25, 0.3) is 0 Å². The third-order valence-electron chi connectivity index (χ3n) is 5.70. The van der Waals surface area contributed by atoms with E-state index in [0.29, 0.717) is 18.8 Å². The minimum atomic E-state index is -3.59. The zero-order chi connectivity index (χ0) is 23.3. The Hall–Kier alpha value is -2.82. The van der Waals surface area contributed by atoms with Gasteiger partial charge < -0.3 is 5.32 Å². The predicted octanol–water partition coefficient (Wildman–Crippen LogP) is 2.92. The molecule has 1 saturated heterocycles. The number of nitro groups is 1. The van der Waals surface area contributed by atoms with Gasteiger partial charge in [-0.25, -0.2) is 13.1 Å². The summed E-state index contributed by atoms with van der Waals surface area (Å²) in [4.78, 5) is 25.4. The second-order valence-electron chi connectivity index (χ2n) is 8.14. The molecule has 0 aliphatic carbocycles. The van der Waals surface area contributed by atoms with Crippen LogP contribution in [0.5, 0.6) is 0 Å². The molecule has 9 nitrogen and oxygen atoms in total. The summed E-state index contributed by atoms with van der Waals surface area (Å²) in [6.07, 6.45) is 1.72. The fraction of sp³-hybridized carbons (Fsp3) is 0.409. The van der Waals surface area contributed by atoms with Crippen LogP contribution in [0.15, 0.2) is 53.4 Å². The highest BCUT2D eigenvalue weighted by Gasteiger charge is 2.28. The van der Waals surface area contributed by atoms with Crippen molar-refractivity contribution in [2.45, 2.75) is 37.6 Å². The molecular weight excluding hydrogens is 432 g/mol. The predicted molar refractivity (Wildman–Crippen MR) is 122 cm³/mol. The number of hydrogen-bond acceptors (Lipinski definition) is 6. The second-order valence-corrected chi connectivity index (χ2v) is 9.91. The Kier molecular flexibility index (Phi) is 7.60. The van der Waals surface area contributed by atoms with Gasteiger partial charge >= 0.3 is 0 Å². The van der Waals surface area contributed by atoms with Gasteiger partial charge in [-0.15, -0.1) is 0 Å². The minimum absolute atomic E-state index is 0.0806. The Morgan fingerprint density at radius 3 is 2.66 bits per heavy atom. The van der Waals surface area contributed by atoms with E-state index in [4.69, 9.17) is 0 Å². The third-order valence-corrected chi connectivity index (χ3v) is 7.13. The van der Waals surface area contributed by atoms with E-state index in [1.165, 1.54) is 18.2 Å². The van der Waals surface area contributed by atoms with Crippen molar-refractivity contribution in [2.75, 3.05) is 25.0 Å². The molecule has 3 rings (SSSR count). The molecule has 1 aliphatic rings. The van der Waals surface area contributed by atoms with E-state index in [9.17, 15) is 23.3 Å². The standard InChI is InChI=1S/C22H28N4O5S/c1-16-8-10-21(11-9-16)32(30,31)23-14-18-5-4-12-25(15-18)17(2)22(27)24-19-6-3-7-20(13-19)26(28)29/h3,6-11,13,17-18,23H,4-5,12,14-15H2,1-2H3,(H,24,27). The molecule has 0 aromatic heterocycles. The minimum Gasteiger partial charge on any atom is -0.324 e. The number of likely N-dealkylation sites (tertiary alicyclic amines) is 1. The van der Waals surface area contributed by atoms with Crippen LogP contribution < -0.4 is 10.0 Å². The van der Waals surface area contributed by atoms with E-state index in [0.717, 1.165) is 24.9 Å². The van der Waals surface area contributed by atoms with Gasteiger partial charge in [-0.05, 0) is 57.4 Å². The van der Waals surface area contributed by atoms with Crippen molar-refractivity contribution in [1.82, 2.24) is 9.62 Å². The summed E-state index contributed by atoms with van der Waals surface area (Å²) in [5, 5.41) is 13.7. The zero-order valence-corrected chi connectivity index (χ0v) is 19.0. The van der Waals surface area contributed by atoms with Crippen LogP contribution in [0.3, 0.4) is 0 Å². The lowest BCUT2D eigenvalue weighted by atomic mass is 9.97. The summed E-state index contributed by atoms with van der Waals surface area (Å²) in [6, 6.07) is 12.1. The summed E-state index contributed by atoms with van der Waals surface area (Å²) < 4.78 is 27.8. The van der Waals surface area contributed by atoms with Gasteiger partial charge in [-0.3, -0.25) is 19.8 Å². The largest absolute Gasteiger partial charge is 0.324 e. The Labute approximate surface area is 188 Å². The van der Waals surface area contributed by atoms with Gasteiger partial charge in [-0.2, -0.15) is 0 Å². The summed E-state index contributed by atoms with van der Waals surface area (Å²) in [6.45, 7) is 5.29. The molecule has 0 saturated carbocycles. The normalized spacial score (nSPS) is 18.1. The highest BCUT2D eigenvalue weighted by molar-refractivity contribution is 7.89. The van der Waals surface area contributed by atoms with E-state index in [2.05, 4.69) is 10.0 Å². The SMILES string of the molecule is Cc1ccc(S(=O)(=O)NCC2CCCN(C(C)C(=O)Nc3cccc([N+](=O)[O-])c3)C2)cc1. The number of amides is 1. The number of benzene rings is 2. The molecule has 2 atom stereocenters. The van der Waals surface area contributed by atoms with Crippen molar-refractivity contribution in [3.8, 4) is 0 Å². The van der Waals surface area contributed by atoms with Crippen LogP contribution in [0.4, 0.5) is 11.4 Å². The summed E-state index contributed by atoms with van der Waals surface area (Å²) >= 11 is 0. The second kappa shape index (κ2) is 10.2. The molecule has 10 heteroatoms. The maximum absolute atomic E-state index is 12.7. The highest BCUT2D eigenvalue weighted by atomic mass is 32.2. The van der Waals surface area contributed by atoms with Crippen molar-refractivity contribution in [3.05, 3.63) is 64.2 Å². The number of nitro benzene ring substituents is 1. The van der Waals surface area contributed by atoms with Crippen LogP contribution in [-0.4, -0.2) is 49.8 Å². The Morgan fingerprint density at radius 2 is 1.97 bits per heavy atom. The number of nitrogens with one attached hydrogen (secondary N) is 2. The molecule has 1 aliphatic heterocycles. The number of carbonyl (C=O) groups excluding carboxylic acids is 1. The number of rotatable bonds is 8. The number of carbonyl (C=O) groups is 1. The first-order valence-electron chi connectivity index (χ1n) is 10.5. The van der Waals surface area contributed by atoms with Crippen LogP contribution in [0.2, 0.25) is 0 Å². The Balaban J connectivity index is 1.56. The number of nitrogens with zero attached hydrogens (tertiary/aromatic N) is 2. The maximum atomic E-state index is 12.7. The van der Waals surface area contributed by atoms with Gasteiger partial charge in [0.1, 0.15) is 0 Å². The molecule has 172 valence electrons. The van der Waals surface area contributed by atoms with Gasteiger partial charge in [-0.1, -0.05) is 23.8 Å². The summed E-state index contributed by atoms with van der Waals surface area (Å²) in [7, 11) is -3.59. The molecule has 2 N–H and O–H groups in total. The van der Waals surface area contributed by atoms with E-state index in [-0.39, 0.29) is 22.4 Å². The van der Waals surface area contributed by atoms with Crippen molar-refractivity contribution in [2.24, 2.45) is 5.92 Å². The highest BCUT2D eigenvalue weighted by Crippen LogP contribution is 2.21. The van der Waals surface area contributed by atoms with Gasteiger partial charge in [0, 0.05) is 30.9 Å². The molecule has 2 aromatic rings. The Bertz CT molecular complexity index is 1070. The van der Waals surface area contributed by atoms with Gasteiger partial charge in [0.05, 0.1) is 15.9 Å².